The third-order valence-electron chi connectivity index (χ3n) is 5.38. The van der Waals surface area contributed by atoms with Crippen LogP contribution in [0.1, 0.15) is 5.56 Å². The maximum Gasteiger partial charge on any atom is 0.177 e. The van der Waals surface area contributed by atoms with Gasteiger partial charge in [-0.25, -0.2) is 4.98 Å². The van der Waals surface area contributed by atoms with Crippen molar-refractivity contribution in [2.24, 2.45) is 0 Å². The molecule has 6 nitrogen and oxygen atoms in total. The molecule has 0 spiro atoms. The average molecular weight is 426 g/mol. The highest BCUT2D eigenvalue weighted by atomic mass is 32.1. The lowest BCUT2D eigenvalue weighted by atomic mass is 10.0. The van der Waals surface area contributed by atoms with E-state index in [0.717, 1.165) is 66.3 Å². The molecule has 6 rings (SSSR count). The molecule has 0 radical (unpaired) electrons. The van der Waals surface area contributed by atoms with Crippen molar-refractivity contribution in [1.82, 2.24) is 30.1 Å². The van der Waals surface area contributed by atoms with Crippen LogP contribution in [-0.2, 0) is 0 Å². The van der Waals surface area contributed by atoms with Gasteiger partial charge in [0.1, 0.15) is 5.69 Å². The fourth-order valence-electron chi connectivity index (χ4n) is 3.84. The molecular formula is C23H15FN6S. The molecule has 0 aliphatic heterocycles. The summed E-state index contributed by atoms with van der Waals surface area (Å²) < 4.78 is 13.6. The minimum Gasteiger partial charge on any atom is -0.353 e. The van der Waals surface area contributed by atoms with Crippen molar-refractivity contribution < 1.29 is 4.39 Å². The first-order valence-corrected chi connectivity index (χ1v) is 10.5. The largest absolute Gasteiger partial charge is 0.353 e. The number of H-pyrrole nitrogens is 2. The highest BCUT2D eigenvalue weighted by Gasteiger charge is 2.16. The Morgan fingerprint density at radius 3 is 2.71 bits per heavy atom. The van der Waals surface area contributed by atoms with E-state index in [2.05, 4.69) is 43.1 Å². The Morgan fingerprint density at radius 2 is 1.87 bits per heavy atom. The Labute approximate surface area is 179 Å². The fraction of sp³-hybridized carbons (Fsp3) is 0.0435. The van der Waals surface area contributed by atoms with Gasteiger partial charge in [0, 0.05) is 52.2 Å². The van der Waals surface area contributed by atoms with Gasteiger partial charge in [0.25, 0.3) is 0 Å². The second kappa shape index (κ2) is 6.82. The Kier molecular flexibility index (Phi) is 3.94. The first-order chi connectivity index (χ1) is 15.2. The lowest BCUT2D eigenvalue weighted by Gasteiger charge is -2.04. The normalized spacial score (nSPS) is 11.5. The van der Waals surface area contributed by atoms with Gasteiger partial charge < -0.3 is 4.98 Å². The van der Waals surface area contributed by atoms with Gasteiger partial charge in [-0.05, 0) is 48.9 Å². The van der Waals surface area contributed by atoms with Gasteiger partial charge in [-0.3, -0.25) is 15.1 Å². The molecule has 0 aliphatic rings. The number of pyridine rings is 3. The topological polar surface area (TPSA) is 83.1 Å². The summed E-state index contributed by atoms with van der Waals surface area (Å²) in [6.07, 6.45) is 7.18. The van der Waals surface area contributed by atoms with Crippen LogP contribution in [0.15, 0.2) is 61.2 Å². The monoisotopic (exact) mass is 426 g/mol. The number of hydrogen-bond donors (Lipinski definition) is 2. The molecule has 0 fully saturated rings. The van der Waals surface area contributed by atoms with E-state index in [1.165, 1.54) is 6.07 Å². The molecule has 0 aliphatic carbocycles. The first-order valence-electron chi connectivity index (χ1n) is 9.66. The number of thiophene rings is 1. The van der Waals surface area contributed by atoms with Crippen LogP contribution in [0.2, 0.25) is 0 Å². The van der Waals surface area contributed by atoms with E-state index < -0.39 is 0 Å². The maximum atomic E-state index is 13.6. The van der Waals surface area contributed by atoms with E-state index >= 15 is 0 Å². The summed E-state index contributed by atoms with van der Waals surface area (Å²) in [7, 11) is 0. The van der Waals surface area contributed by atoms with Gasteiger partial charge in [-0.15, -0.1) is 11.3 Å². The van der Waals surface area contributed by atoms with E-state index in [9.17, 15) is 4.39 Å². The summed E-state index contributed by atoms with van der Waals surface area (Å²) in [4.78, 5) is 17.5. The van der Waals surface area contributed by atoms with Crippen LogP contribution in [-0.4, -0.2) is 30.1 Å². The number of fused-ring (bicyclic) bond motifs is 2. The molecule has 150 valence electrons. The predicted molar refractivity (Wildman–Crippen MR) is 120 cm³/mol. The lowest BCUT2D eigenvalue weighted by molar-refractivity contribution is 0.657. The number of aromatic amines is 2. The second-order valence-electron chi connectivity index (χ2n) is 7.29. The maximum absolute atomic E-state index is 13.6. The summed E-state index contributed by atoms with van der Waals surface area (Å²) in [5, 5.41) is 9.12. The molecule has 8 heteroatoms. The molecule has 6 heterocycles. The third-order valence-corrected chi connectivity index (χ3v) is 6.26. The molecule has 6 aromatic heterocycles. The van der Waals surface area contributed by atoms with Gasteiger partial charge in [-0.1, -0.05) is 0 Å². The van der Waals surface area contributed by atoms with Crippen molar-refractivity contribution in [2.45, 2.75) is 6.92 Å². The quantitative estimate of drug-likeness (QED) is 0.378. The van der Waals surface area contributed by atoms with Crippen LogP contribution in [0.4, 0.5) is 4.39 Å². The van der Waals surface area contributed by atoms with Gasteiger partial charge in [0.15, 0.2) is 10.8 Å². The highest BCUT2D eigenvalue weighted by molar-refractivity contribution is 7.13. The third kappa shape index (κ3) is 2.91. The molecule has 0 saturated carbocycles. The van der Waals surface area contributed by atoms with Gasteiger partial charge in [0.2, 0.25) is 0 Å². The molecule has 31 heavy (non-hydrogen) atoms. The van der Waals surface area contributed by atoms with Crippen LogP contribution in [0, 0.1) is 12.1 Å². The van der Waals surface area contributed by atoms with E-state index in [0.29, 0.717) is 5.65 Å². The summed E-state index contributed by atoms with van der Waals surface area (Å²) in [6, 6.07) is 11.2. The Hall–Kier alpha value is -3.91. The zero-order chi connectivity index (χ0) is 20.9. The van der Waals surface area contributed by atoms with E-state index in [-0.39, 0.29) is 5.13 Å². The molecule has 0 unspecified atom stereocenters. The molecule has 2 N–H and O–H groups in total. The summed E-state index contributed by atoms with van der Waals surface area (Å²) in [5.41, 5.74) is 7.12. The number of halogens is 1. The van der Waals surface area contributed by atoms with Crippen molar-refractivity contribution in [3.05, 3.63) is 71.9 Å². The zero-order valence-corrected chi connectivity index (χ0v) is 17.2. The number of aromatic nitrogens is 6. The predicted octanol–water partition coefficient (Wildman–Crippen LogP) is 5.74. The van der Waals surface area contributed by atoms with Crippen molar-refractivity contribution in [2.75, 3.05) is 0 Å². The standard InChI is InChI=1S/C23H15FN6S/c1-12-4-6-25-11-16(12)13-8-15-21(29-30-23(15)27-10-13)18-9-14-17(28-18)5-7-26-22(14)19-2-3-20(24)31-19/h2-11,28H,1H3,(H,27,29,30). The van der Waals surface area contributed by atoms with E-state index in [4.69, 9.17) is 0 Å². The van der Waals surface area contributed by atoms with E-state index in [1.54, 1.807) is 18.5 Å². The molecule has 0 bridgehead atoms. The van der Waals surface area contributed by atoms with Crippen molar-refractivity contribution in [3.8, 4) is 33.1 Å². The van der Waals surface area contributed by atoms with Gasteiger partial charge in [0.05, 0.1) is 16.3 Å². The number of rotatable bonds is 3. The first kappa shape index (κ1) is 17.9. The Balaban J connectivity index is 1.52. The molecule has 6 aromatic rings. The summed E-state index contributed by atoms with van der Waals surface area (Å²) in [5.74, 6) is 0. The molecule has 0 amide bonds. The van der Waals surface area contributed by atoms with Crippen molar-refractivity contribution >= 4 is 33.3 Å². The summed E-state index contributed by atoms with van der Waals surface area (Å²) in [6.45, 7) is 2.05. The number of nitrogens with zero attached hydrogens (tertiary/aromatic N) is 4. The number of nitrogens with one attached hydrogen (secondary N) is 2. The van der Waals surface area contributed by atoms with Crippen LogP contribution < -0.4 is 0 Å². The highest BCUT2D eigenvalue weighted by Crippen LogP contribution is 2.35. The van der Waals surface area contributed by atoms with Crippen molar-refractivity contribution in [3.63, 3.8) is 0 Å². The minimum atomic E-state index is -0.229. The van der Waals surface area contributed by atoms with Crippen LogP contribution in [0.25, 0.3) is 55.0 Å². The van der Waals surface area contributed by atoms with Gasteiger partial charge in [-0.2, -0.15) is 9.49 Å². The SMILES string of the molecule is Cc1ccncc1-c1cnc2[nH]nc(-c3cc4c(-c5ccc(F)s5)nccc4[nH]3)c2c1. The minimum absolute atomic E-state index is 0.229. The average Bonchev–Trinajstić information content (AvgIpc) is 3.50. The molecular weight excluding hydrogens is 411 g/mol. The van der Waals surface area contributed by atoms with Crippen LogP contribution in [0.5, 0.6) is 0 Å². The van der Waals surface area contributed by atoms with Crippen LogP contribution >= 0.6 is 11.3 Å². The van der Waals surface area contributed by atoms with Gasteiger partial charge >= 0.3 is 0 Å². The number of hydrogen-bond acceptors (Lipinski definition) is 5. The molecule has 0 atom stereocenters. The smallest absolute Gasteiger partial charge is 0.177 e. The Morgan fingerprint density at radius 1 is 0.935 bits per heavy atom. The molecule has 0 aromatic carbocycles. The van der Waals surface area contributed by atoms with E-state index in [1.807, 2.05) is 30.6 Å². The summed E-state index contributed by atoms with van der Waals surface area (Å²) >= 11 is 1.09. The lowest BCUT2D eigenvalue weighted by Crippen LogP contribution is -1.87. The fourth-order valence-corrected chi connectivity index (χ4v) is 4.58. The van der Waals surface area contributed by atoms with Crippen molar-refractivity contribution in [1.29, 1.82) is 0 Å². The second-order valence-corrected chi connectivity index (χ2v) is 8.32. The molecule has 0 saturated heterocycles. The number of aryl methyl sites for hydroxylation is 1. The van der Waals surface area contributed by atoms with Crippen LogP contribution in [0.3, 0.4) is 0 Å². The Bertz CT molecular complexity index is 1580. The zero-order valence-electron chi connectivity index (χ0n) is 16.3.